The van der Waals surface area contributed by atoms with Crippen LogP contribution in [0.2, 0.25) is 0 Å². The number of nitrogens with zero attached hydrogens (tertiary/aromatic N) is 1. The molecule has 0 unspecified atom stereocenters. The highest BCUT2D eigenvalue weighted by Crippen LogP contribution is 2.37. The van der Waals surface area contributed by atoms with Crippen LogP contribution in [0.15, 0.2) is 66.7 Å². The predicted octanol–water partition coefficient (Wildman–Crippen LogP) is 5.82. The largest absolute Gasteiger partial charge is 0.378 e. The molecule has 0 spiro atoms. The number of morpholine rings is 1. The van der Waals surface area contributed by atoms with Gasteiger partial charge in [-0.1, -0.05) is 55.5 Å². The molecule has 0 bridgehead atoms. The molecule has 1 saturated heterocycles. The number of ether oxygens (including phenoxy) is 1. The molecule has 0 radical (unpaired) electrons. The van der Waals surface area contributed by atoms with Gasteiger partial charge in [-0.05, 0) is 48.2 Å². The van der Waals surface area contributed by atoms with Crippen LogP contribution in [0.1, 0.15) is 28.5 Å². The molecule has 3 aromatic carbocycles. The maximum Gasteiger partial charge on any atom is 0.323 e. The number of hydrogen-bond donors (Lipinski definition) is 3. The molecule has 3 amide bonds. The lowest BCUT2D eigenvalue weighted by atomic mass is 9.99. The van der Waals surface area contributed by atoms with Crippen molar-refractivity contribution in [1.82, 2.24) is 9.88 Å². The summed E-state index contributed by atoms with van der Waals surface area (Å²) < 4.78 is 5.44. The second-order valence-electron chi connectivity index (χ2n) is 8.97. The minimum atomic E-state index is -0.334. The van der Waals surface area contributed by atoms with E-state index in [1.54, 1.807) is 0 Å². The van der Waals surface area contributed by atoms with Crippen molar-refractivity contribution in [1.29, 1.82) is 0 Å². The number of aryl methyl sites for hydroxylation is 2. The van der Waals surface area contributed by atoms with E-state index in [0.29, 0.717) is 37.7 Å². The number of nitrogens with one attached hydrogen (secondary N) is 3. The van der Waals surface area contributed by atoms with Gasteiger partial charge in [0.2, 0.25) is 0 Å². The van der Waals surface area contributed by atoms with Gasteiger partial charge in [-0.15, -0.1) is 0 Å². The van der Waals surface area contributed by atoms with Crippen LogP contribution in [0.25, 0.3) is 22.0 Å². The fourth-order valence-electron chi connectivity index (χ4n) is 4.76. The van der Waals surface area contributed by atoms with Crippen LogP contribution < -0.4 is 10.6 Å². The maximum absolute atomic E-state index is 13.6. The minimum absolute atomic E-state index is 0.0710. The average molecular weight is 483 g/mol. The van der Waals surface area contributed by atoms with Crippen LogP contribution in [0.5, 0.6) is 0 Å². The standard InChI is InChI=1S/C29H30N4O3/c1-3-20-9-7-8-12-23(20)30-29(35)31-24-18-19(2)17-22-25(21-10-5-4-6-11-21)27(32-26(22)24)28(34)33-13-15-36-16-14-33/h4-12,17-18,32H,3,13-16H2,1-2H3,(H2,30,31,35). The van der Waals surface area contributed by atoms with E-state index in [2.05, 4.69) is 28.6 Å². The first-order chi connectivity index (χ1) is 17.5. The summed E-state index contributed by atoms with van der Waals surface area (Å²) in [6.45, 7) is 6.19. The van der Waals surface area contributed by atoms with Gasteiger partial charge in [0, 0.05) is 29.7 Å². The molecule has 1 fully saturated rings. The van der Waals surface area contributed by atoms with Crippen molar-refractivity contribution < 1.29 is 14.3 Å². The Hall–Kier alpha value is -4.10. The molecule has 3 N–H and O–H groups in total. The van der Waals surface area contributed by atoms with Crippen LogP contribution in [0.3, 0.4) is 0 Å². The van der Waals surface area contributed by atoms with E-state index in [0.717, 1.165) is 45.3 Å². The zero-order valence-electron chi connectivity index (χ0n) is 20.6. The number of benzene rings is 3. The van der Waals surface area contributed by atoms with Gasteiger partial charge in [-0.25, -0.2) is 4.79 Å². The lowest BCUT2D eigenvalue weighted by Gasteiger charge is -2.26. The van der Waals surface area contributed by atoms with E-state index in [1.165, 1.54) is 0 Å². The van der Waals surface area contributed by atoms with Crippen LogP contribution in [-0.4, -0.2) is 48.1 Å². The van der Waals surface area contributed by atoms with E-state index in [1.807, 2.05) is 72.5 Å². The second kappa shape index (κ2) is 10.3. The summed E-state index contributed by atoms with van der Waals surface area (Å²) in [6.07, 6.45) is 0.815. The lowest BCUT2D eigenvalue weighted by Crippen LogP contribution is -2.41. The number of fused-ring (bicyclic) bond motifs is 1. The van der Waals surface area contributed by atoms with E-state index >= 15 is 0 Å². The minimum Gasteiger partial charge on any atom is -0.378 e. The van der Waals surface area contributed by atoms with Crippen LogP contribution in [0.4, 0.5) is 16.2 Å². The molecule has 4 aromatic rings. The van der Waals surface area contributed by atoms with Gasteiger partial charge in [0.05, 0.1) is 24.4 Å². The van der Waals surface area contributed by atoms with Crippen LogP contribution in [-0.2, 0) is 11.2 Å². The summed E-state index contributed by atoms with van der Waals surface area (Å²) in [5, 5.41) is 6.87. The number of aromatic amines is 1. The molecule has 36 heavy (non-hydrogen) atoms. The van der Waals surface area contributed by atoms with Crippen LogP contribution >= 0.6 is 0 Å². The van der Waals surface area contributed by atoms with Crippen molar-refractivity contribution in [3.8, 4) is 11.1 Å². The molecule has 5 rings (SSSR count). The Balaban J connectivity index is 1.57. The third kappa shape index (κ3) is 4.70. The third-order valence-corrected chi connectivity index (χ3v) is 6.52. The van der Waals surface area contributed by atoms with E-state index in [4.69, 9.17) is 4.74 Å². The quantitative estimate of drug-likeness (QED) is 0.335. The Morgan fingerprint density at radius 2 is 1.64 bits per heavy atom. The topological polar surface area (TPSA) is 86.5 Å². The molecule has 0 saturated carbocycles. The van der Waals surface area contributed by atoms with E-state index < -0.39 is 0 Å². The number of para-hydroxylation sites is 1. The van der Waals surface area contributed by atoms with Gasteiger partial charge >= 0.3 is 6.03 Å². The summed E-state index contributed by atoms with van der Waals surface area (Å²) in [7, 11) is 0. The van der Waals surface area contributed by atoms with Crippen molar-refractivity contribution >= 4 is 34.2 Å². The van der Waals surface area contributed by atoms with Gasteiger partial charge in [0.25, 0.3) is 5.91 Å². The summed E-state index contributed by atoms with van der Waals surface area (Å²) in [5.74, 6) is -0.0710. The molecule has 1 aliphatic rings. The van der Waals surface area contributed by atoms with Gasteiger partial charge in [-0.3, -0.25) is 4.79 Å². The fourth-order valence-corrected chi connectivity index (χ4v) is 4.76. The smallest absolute Gasteiger partial charge is 0.323 e. The Morgan fingerprint density at radius 1 is 0.944 bits per heavy atom. The molecular formula is C29H30N4O3. The molecule has 0 aliphatic carbocycles. The Morgan fingerprint density at radius 3 is 2.39 bits per heavy atom. The number of anilines is 2. The second-order valence-corrected chi connectivity index (χ2v) is 8.97. The molecule has 0 atom stereocenters. The van der Waals surface area contributed by atoms with Crippen molar-refractivity contribution in [2.75, 3.05) is 36.9 Å². The van der Waals surface area contributed by atoms with Gasteiger partial charge in [0.15, 0.2) is 0 Å². The fraction of sp³-hybridized carbons (Fsp3) is 0.241. The van der Waals surface area contributed by atoms with Gasteiger partial charge in [0.1, 0.15) is 5.69 Å². The van der Waals surface area contributed by atoms with Crippen molar-refractivity contribution in [3.63, 3.8) is 0 Å². The van der Waals surface area contributed by atoms with Crippen molar-refractivity contribution in [2.24, 2.45) is 0 Å². The summed E-state index contributed by atoms with van der Waals surface area (Å²) in [6, 6.07) is 21.3. The maximum atomic E-state index is 13.6. The molecule has 1 aromatic heterocycles. The van der Waals surface area contributed by atoms with Crippen molar-refractivity contribution in [2.45, 2.75) is 20.3 Å². The first-order valence-electron chi connectivity index (χ1n) is 12.3. The number of H-pyrrole nitrogens is 1. The number of urea groups is 1. The summed E-state index contributed by atoms with van der Waals surface area (Å²) in [5.41, 5.74) is 6.46. The average Bonchev–Trinajstić information content (AvgIpc) is 3.29. The molecule has 7 nitrogen and oxygen atoms in total. The normalized spacial score (nSPS) is 13.6. The number of rotatable bonds is 5. The predicted molar refractivity (Wildman–Crippen MR) is 144 cm³/mol. The molecular weight excluding hydrogens is 452 g/mol. The molecule has 2 heterocycles. The highest BCUT2D eigenvalue weighted by atomic mass is 16.5. The lowest BCUT2D eigenvalue weighted by molar-refractivity contribution is 0.0300. The van der Waals surface area contributed by atoms with Crippen LogP contribution in [0, 0.1) is 6.92 Å². The SMILES string of the molecule is CCc1ccccc1NC(=O)Nc1cc(C)cc2c(-c3ccccc3)c(C(=O)N3CCOCC3)[nH]c12. The number of amides is 3. The first-order valence-corrected chi connectivity index (χ1v) is 12.3. The molecule has 184 valence electrons. The Labute approximate surface area is 210 Å². The van der Waals surface area contributed by atoms with Gasteiger partial charge in [-0.2, -0.15) is 0 Å². The Kier molecular flexibility index (Phi) is 6.73. The summed E-state index contributed by atoms with van der Waals surface area (Å²) in [4.78, 5) is 31.8. The highest BCUT2D eigenvalue weighted by Gasteiger charge is 2.26. The number of hydrogen-bond acceptors (Lipinski definition) is 3. The molecule has 1 aliphatic heterocycles. The first kappa shape index (κ1) is 23.6. The number of aromatic nitrogens is 1. The molecule has 7 heteroatoms. The summed E-state index contributed by atoms with van der Waals surface area (Å²) >= 11 is 0. The van der Waals surface area contributed by atoms with Gasteiger partial charge < -0.3 is 25.3 Å². The van der Waals surface area contributed by atoms with E-state index in [9.17, 15) is 9.59 Å². The monoisotopic (exact) mass is 482 g/mol. The number of carbonyl (C=O) groups excluding carboxylic acids is 2. The zero-order valence-corrected chi connectivity index (χ0v) is 20.6. The van der Waals surface area contributed by atoms with Crippen molar-refractivity contribution in [3.05, 3.63) is 83.6 Å². The highest BCUT2D eigenvalue weighted by molar-refractivity contribution is 6.14. The third-order valence-electron chi connectivity index (χ3n) is 6.52. The number of carbonyl (C=O) groups is 2. The Bertz CT molecular complexity index is 1410. The zero-order chi connectivity index (χ0) is 25.1. The van der Waals surface area contributed by atoms with E-state index in [-0.39, 0.29) is 11.9 Å².